The molecule has 3 rings (SSSR count). The molecule has 0 fully saturated rings. The summed E-state index contributed by atoms with van der Waals surface area (Å²) in [6.45, 7) is 1.76. The van der Waals surface area contributed by atoms with Crippen molar-refractivity contribution in [3.05, 3.63) is 75.8 Å². The Labute approximate surface area is 161 Å². The maximum atomic E-state index is 12.2. The van der Waals surface area contributed by atoms with Crippen molar-refractivity contribution in [3.63, 3.8) is 0 Å². The third-order valence-corrected chi connectivity index (χ3v) is 4.14. The second-order valence-electron chi connectivity index (χ2n) is 6.02. The van der Waals surface area contributed by atoms with E-state index in [9.17, 15) is 9.59 Å². The zero-order valence-corrected chi connectivity index (χ0v) is 15.8. The van der Waals surface area contributed by atoms with Gasteiger partial charge in [-0.3, -0.25) is 9.20 Å². The molecular weight excluding hydrogens is 360 g/mol. The van der Waals surface area contributed by atoms with E-state index in [2.05, 4.69) is 4.98 Å². The van der Waals surface area contributed by atoms with E-state index >= 15 is 0 Å². The van der Waals surface area contributed by atoms with Crippen molar-refractivity contribution in [2.75, 3.05) is 14.2 Å². The predicted octanol–water partition coefficient (Wildman–Crippen LogP) is 2.78. The highest BCUT2D eigenvalue weighted by atomic mass is 16.5. The van der Waals surface area contributed by atoms with Crippen molar-refractivity contribution >= 4 is 17.7 Å². The Balaban J connectivity index is 1.73. The Morgan fingerprint density at radius 3 is 2.75 bits per heavy atom. The maximum Gasteiger partial charge on any atom is 0.331 e. The number of esters is 1. The van der Waals surface area contributed by atoms with Crippen molar-refractivity contribution in [2.45, 2.75) is 13.5 Å². The number of aryl methyl sites for hydroxylation is 1. The molecule has 3 aromatic rings. The van der Waals surface area contributed by atoms with Crippen LogP contribution in [0, 0.1) is 6.92 Å². The van der Waals surface area contributed by atoms with Crippen LogP contribution in [0.25, 0.3) is 11.7 Å². The summed E-state index contributed by atoms with van der Waals surface area (Å²) < 4.78 is 17.1. The summed E-state index contributed by atoms with van der Waals surface area (Å²) in [7, 11) is 3.10. The van der Waals surface area contributed by atoms with E-state index in [-0.39, 0.29) is 12.2 Å². The number of aromatic nitrogens is 2. The Bertz CT molecular complexity index is 1100. The van der Waals surface area contributed by atoms with Gasteiger partial charge < -0.3 is 14.2 Å². The second kappa shape index (κ2) is 8.39. The monoisotopic (exact) mass is 380 g/mol. The quantitative estimate of drug-likeness (QED) is 0.483. The number of rotatable bonds is 6. The number of nitrogens with zero attached hydrogens (tertiary/aromatic N) is 2. The van der Waals surface area contributed by atoms with Gasteiger partial charge in [-0.25, -0.2) is 9.78 Å². The van der Waals surface area contributed by atoms with E-state index in [1.54, 1.807) is 50.8 Å². The molecule has 28 heavy (non-hydrogen) atoms. The number of pyridine rings is 1. The average Bonchev–Trinajstić information content (AvgIpc) is 2.71. The van der Waals surface area contributed by atoms with Crippen LogP contribution in [-0.4, -0.2) is 29.6 Å². The lowest BCUT2D eigenvalue weighted by Crippen LogP contribution is -2.17. The number of hydrogen-bond donors (Lipinski definition) is 0. The van der Waals surface area contributed by atoms with Crippen LogP contribution >= 0.6 is 0 Å². The summed E-state index contributed by atoms with van der Waals surface area (Å²) in [5.74, 6) is 0.686. The van der Waals surface area contributed by atoms with Gasteiger partial charge in [0.15, 0.2) is 0 Å². The number of carbonyl (C=O) groups is 1. The van der Waals surface area contributed by atoms with Crippen LogP contribution in [0.1, 0.15) is 16.8 Å². The van der Waals surface area contributed by atoms with Gasteiger partial charge in [-0.1, -0.05) is 6.07 Å². The minimum absolute atomic E-state index is 0.0987. The Kier molecular flexibility index (Phi) is 5.74. The van der Waals surface area contributed by atoms with Crippen LogP contribution in [0.4, 0.5) is 0 Å². The van der Waals surface area contributed by atoms with Crippen LogP contribution in [-0.2, 0) is 16.1 Å². The zero-order valence-electron chi connectivity index (χ0n) is 15.8. The SMILES string of the molecule is COc1ccc(OC)c(/C=C/C(=O)OCc2cc(=O)n3cccc(C)c3n2)c1. The van der Waals surface area contributed by atoms with Crippen LogP contribution in [0.5, 0.6) is 11.5 Å². The first-order valence-corrected chi connectivity index (χ1v) is 8.56. The third-order valence-electron chi connectivity index (χ3n) is 4.14. The van der Waals surface area contributed by atoms with Gasteiger partial charge in [0.1, 0.15) is 23.8 Å². The van der Waals surface area contributed by atoms with Crippen LogP contribution in [0.2, 0.25) is 0 Å². The predicted molar refractivity (Wildman–Crippen MR) is 105 cm³/mol. The van der Waals surface area contributed by atoms with Crippen LogP contribution in [0.15, 0.2) is 53.5 Å². The van der Waals surface area contributed by atoms with Gasteiger partial charge in [-0.05, 0) is 42.8 Å². The molecule has 0 amide bonds. The average molecular weight is 380 g/mol. The standard InChI is InChI=1S/C21H20N2O5/c1-14-5-4-10-23-19(24)12-16(22-21(14)23)13-28-20(25)9-6-15-11-17(26-2)7-8-18(15)27-3/h4-12H,13H2,1-3H3/b9-6+. The molecule has 144 valence electrons. The van der Waals surface area contributed by atoms with E-state index in [4.69, 9.17) is 14.2 Å². The number of hydrogen-bond acceptors (Lipinski definition) is 6. The summed E-state index contributed by atoms with van der Waals surface area (Å²) in [4.78, 5) is 28.6. The first kappa shape index (κ1) is 19.2. The number of fused-ring (bicyclic) bond motifs is 1. The van der Waals surface area contributed by atoms with Gasteiger partial charge >= 0.3 is 5.97 Å². The fourth-order valence-electron chi connectivity index (χ4n) is 2.70. The van der Waals surface area contributed by atoms with E-state index < -0.39 is 5.97 Å². The Morgan fingerprint density at radius 2 is 2.00 bits per heavy atom. The molecule has 2 aromatic heterocycles. The first-order valence-electron chi connectivity index (χ1n) is 8.56. The molecule has 7 heteroatoms. The Hall–Kier alpha value is -3.61. The molecule has 0 N–H and O–H groups in total. The molecule has 0 saturated heterocycles. The summed E-state index contributed by atoms with van der Waals surface area (Å²) in [5, 5.41) is 0. The molecule has 2 heterocycles. The number of carbonyl (C=O) groups excluding carboxylic acids is 1. The molecule has 0 unspecified atom stereocenters. The van der Waals surface area contributed by atoms with Crippen LogP contribution in [0.3, 0.4) is 0 Å². The van der Waals surface area contributed by atoms with Gasteiger partial charge in [0.25, 0.3) is 5.56 Å². The van der Waals surface area contributed by atoms with E-state index in [0.717, 1.165) is 5.56 Å². The van der Waals surface area contributed by atoms with Gasteiger partial charge in [0, 0.05) is 23.9 Å². The molecule has 0 atom stereocenters. The topological polar surface area (TPSA) is 79.1 Å². The molecule has 0 aliphatic rings. The Morgan fingerprint density at radius 1 is 1.18 bits per heavy atom. The van der Waals surface area contributed by atoms with Crippen molar-refractivity contribution in [3.8, 4) is 11.5 Å². The molecule has 7 nitrogen and oxygen atoms in total. The number of ether oxygens (including phenoxy) is 3. The van der Waals surface area contributed by atoms with Crippen molar-refractivity contribution in [1.29, 1.82) is 0 Å². The summed E-state index contributed by atoms with van der Waals surface area (Å²) in [6.07, 6.45) is 4.52. The minimum atomic E-state index is -0.559. The summed E-state index contributed by atoms with van der Waals surface area (Å²) in [5.41, 5.74) is 2.24. The molecule has 0 radical (unpaired) electrons. The van der Waals surface area contributed by atoms with Crippen molar-refractivity contribution < 1.29 is 19.0 Å². The molecule has 0 aliphatic heterocycles. The second-order valence-corrected chi connectivity index (χ2v) is 6.02. The fourth-order valence-corrected chi connectivity index (χ4v) is 2.70. The number of methoxy groups -OCH3 is 2. The van der Waals surface area contributed by atoms with Gasteiger partial charge in [-0.15, -0.1) is 0 Å². The minimum Gasteiger partial charge on any atom is -0.497 e. The summed E-state index contributed by atoms with van der Waals surface area (Å²) >= 11 is 0. The smallest absolute Gasteiger partial charge is 0.331 e. The van der Waals surface area contributed by atoms with Gasteiger partial charge in [0.2, 0.25) is 0 Å². The highest BCUT2D eigenvalue weighted by Gasteiger charge is 2.07. The largest absolute Gasteiger partial charge is 0.497 e. The highest BCUT2D eigenvalue weighted by molar-refractivity contribution is 5.87. The molecule has 1 aromatic carbocycles. The first-order chi connectivity index (χ1) is 13.5. The molecule has 0 spiro atoms. The number of benzene rings is 1. The van der Waals surface area contributed by atoms with Crippen LogP contribution < -0.4 is 15.0 Å². The third kappa shape index (κ3) is 4.20. The summed E-state index contributed by atoms with van der Waals surface area (Å²) in [6, 6.07) is 10.3. The fraction of sp³-hybridized carbons (Fsp3) is 0.190. The van der Waals surface area contributed by atoms with E-state index in [0.29, 0.717) is 28.4 Å². The van der Waals surface area contributed by atoms with Crippen molar-refractivity contribution in [2.24, 2.45) is 0 Å². The molecule has 0 bridgehead atoms. The maximum absolute atomic E-state index is 12.2. The lowest BCUT2D eigenvalue weighted by molar-refractivity contribution is -0.139. The molecule has 0 saturated carbocycles. The molecule has 0 aliphatic carbocycles. The lowest BCUT2D eigenvalue weighted by Gasteiger charge is -2.07. The lowest BCUT2D eigenvalue weighted by atomic mass is 10.1. The molecular formula is C21H20N2O5. The van der Waals surface area contributed by atoms with Gasteiger partial charge in [-0.2, -0.15) is 0 Å². The van der Waals surface area contributed by atoms with E-state index in [1.165, 1.54) is 16.5 Å². The van der Waals surface area contributed by atoms with E-state index in [1.807, 2.05) is 13.0 Å². The van der Waals surface area contributed by atoms with Crippen molar-refractivity contribution in [1.82, 2.24) is 9.38 Å². The zero-order chi connectivity index (χ0) is 20.1. The van der Waals surface area contributed by atoms with Gasteiger partial charge in [0.05, 0.1) is 19.9 Å². The highest BCUT2D eigenvalue weighted by Crippen LogP contribution is 2.25. The normalized spacial score (nSPS) is 11.0.